The Kier molecular flexibility index (Phi) is 4.74. The van der Waals surface area contributed by atoms with Crippen LogP contribution < -0.4 is 10.9 Å². The lowest BCUT2D eigenvalue weighted by atomic mass is 9.70. The van der Waals surface area contributed by atoms with E-state index in [1.54, 1.807) is 0 Å². The molecule has 1 aliphatic rings. The van der Waals surface area contributed by atoms with Crippen molar-refractivity contribution in [3.63, 3.8) is 0 Å². The van der Waals surface area contributed by atoms with Gasteiger partial charge in [0.2, 0.25) is 0 Å². The number of rotatable bonds is 2. The number of hydrogen-bond acceptors (Lipinski definition) is 5. The summed E-state index contributed by atoms with van der Waals surface area (Å²) in [5, 5.41) is 24.6. The van der Waals surface area contributed by atoms with E-state index in [1.807, 2.05) is 0 Å². The first-order chi connectivity index (χ1) is 14.0. The van der Waals surface area contributed by atoms with Crippen molar-refractivity contribution in [2.24, 2.45) is 0 Å². The van der Waals surface area contributed by atoms with Gasteiger partial charge in [0.1, 0.15) is 5.75 Å². The lowest BCUT2D eigenvalue weighted by Crippen LogP contribution is -2.55. The van der Waals surface area contributed by atoms with E-state index in [-0.39, 0.29) is 33.0 Å². The van der Waals surface area contributed by atoms with Crippen molar-refractivity contribution >= 4 is 28.1 Å². The molecule has 158 valence electrons. The Balaban J connectivity index is 1.94. The number of nitrogens with one attached hydrogen (secondary N) is 1. The summed E-state index contributed by atoms with van der Waals surface area (Å²) in [7, 11) is 0. The smallest absolute Gasteiger partial charge is 0.419 e. The quantitative estimate of drug-likeness (QED) is 0.517. The fourth-order valence-corrected chi connectivity index (χ4v) is 4.38. The number of hydrogen-bond donors (Lipinski definition) is 3. The Hall–Kier alpha value is -2.71. The van der Waals surface area contributed by atoms with Crippen molar-refractivity contribution in [3.8, 4) is 5.75 Å². The van der Waals surface area contributed by atoms with Gasteiger partial charge in [0.25, 0.3) is 0 Å². The van der Waals surface area contributed by atoms with E-state index >= 15 is 0 Å². The van der Waals surface area contributed by atoms with E-state index in [2.05, 4.69) is 5.32 Å². The van der Waals surface area contributed by atoms with Crippen molar-refractivity contribution < 1.29 is 27.8 Å². The Morgan fingerprint density at radius 2 is 1.93 bits per heavy atom. The highest BCUT2D eigenvalue weighted by atomic mass is 35.5. The number of aromatic hydroxyl groups is 1. The average Bonchev–Trinajstić information content (AvgIpc) is 2.67. The molecule has 0 saturated carbocycles. The van der Waals surface area contributed by atoms with Gasteiger partial charge in [-0.25, -0.2) is 4.79 Å². The van der Waals surface area contributed by atoms with Crippen LogP contribution in [0, 0.1) is 0 Å². The molecular weight excluding hydrogens is 423 g/mol. The summed E-state index contributed by atoms with van der Waals surface area (Å²) in [5.74, 6) is -1.11. The third kappa shape index (κ3) is 3.02. The van der Waals surface area contributed by atoms with Gasteiger partial charge >= 0.3 is 11.8 Å². The van der Waals surface area contributed by atoms with Crippen LogP contribution in [0.25, 0.3) is 10.8 Å². The minimum Gasteiger partial charge on any atom is -0.506 e. The van der Waals surface area contributed by atoms with Gasteiger partial charge in [0, 0.05) is 16.6 Å². The summed E-state index contributed by atoms with van der Waals surface area (Å²) >= 11 is 5.98. The number of fused-ring (bicyclic) bond motifs is 2. The normalized spacial score (nSPS) is 23.9. The number of aliphatic hydroxyl groups is 1. The number of benzene rings is 2. The minimum atomic E-state index is -4.96. The molecule has 0 bridgehead atoms. The first kappa shape index (κ1) is 20.6. The highest BCUT2D eigenvalue weighted by Crippen LogP contribution is 2.55. The fraction of sp³-hybridized carbons (Fsp3) is 0.286. The van der Waals surface area contributed by atoms with Crippen LogP contribution >= 0.6 is 11.6 Å². The zero-order chi connectivity index (χ0) is 21.8. The van der Waals surface area contributed by atoms with Crippen LogP contribution in [0.4, 0.5) is 18.9 Å². The molecule has 3 aromatic rings. The molecule has 0 saturated heterocycles. The summed E-state index contributed by atoms with van der Waals surface area (Å²) in [6.45, 7) is 1.49. The number of halogens is 4. The van der Waals surface area contributed by atoms with Gasteiger partial charge < -0.3 is 19.9 Å². The van der Waals surface area contributed by atoms with Crippen LogP contribution in [0.1, 0.15) is 36.4 Å². The summed E-state index contributed by atoms with van der Waals surface area (Å²) < 4.78 is 47.0. The van der Waals surface area contributed by atoms with Crippen molar-refractivity contribution in [3.05, 3.63) is 69.2 Å². The molecule has 0 amide bonds. The van der Waals surface area contributed by atoms with Gasteiger partial charge in [-0.2, -0.15) is 13.2 Å². The minimum absolute atomic E-state index is 0.0135. The highest BCUT2D eigenvalue weighted by molar-refractivity contribution is 6.32. The molecule has 0 unspecified atom stereocenters. The molecule has 2 aromatic carbocycles. The van der Waals surface area contributed by atoms with Gasteiger partial charge in [-0.15, -0.1) is 0 Å². The second kappa shape index (κ2) is 6.92. The topological polar surface area (TPSA) is 82.7 Å². The number of alkyl halides is 3. The second-order valence-electron chi connectivity index (χ2n) is 7.48. The number of anilines is 1. The predicted molar refractivity (Wildman–Crippen MR) is 106 cm³/mol. The van der Waals surface area contributed by atoms with Crippen molar-refractivity contribution in [2.75, 3.05) is 5.32 Å². The van der Waals surface area contributed by atoms with Gasteiger partial charge in [0.15, 0.2) is 5.60 Å². The molecule has 3 atom stereocenters. The summed E-state index contributed by atoms with van der Waals surface area (Å²) in [6, 6.07) is 6.95. The summed E-state index contributed by atoms with van der Waals surface area (Å²) in [6.07, 6.45) is -4.49. The van der Waals surface area contributed by atoms with Gasteiger partial charge in [0.05, 0.1) is 22.7 Å². The van der Waals surface area contributed by atoms with Crippen LogP contribution in [0.5, 0.6) is 5.75 Å². The van der Waals surface area contributed by atoms with Gasteiger partial charge in [-0.3, -0.25) is 0 Å². The highest BCUT2D eigenvalue weighted by Gasteiger charge is 2.62. The lowest BCUT2D eigenvalue weighted by Gasteiger charge is -2.45. The molecule has 0 aliphatic heterocycles. The monoisotopic (exact) mass is 439 g/mol. The van der Waals surface area contributed by atoms with Crippen molar-refractivity contribution in [2.45, 2.75) is 37.1 Å². The Morgan fingerprint density at radius 1 is 1.20 bits per heavy atom. The average molecular weight is 440 g/mol. The molecule has 1 aliphatic carbocycles. The maximum atomic E-state index is 14.1. The van der Waals surface area contributed by atoms with Crippen LogP contribution in [0.2, 0.25) is 5.02 Å². The molecule has 1 heterocycles. The Bertz CT molecular complexity index is 1190. The van der Waals surface area contributed by atoms with E-state index < -0.39 is 35.8 Å². The zero-order valence-corrected chi connectivity index (χ0v) is 16.4. The Labute approximate surface area is 173 Å². The third-order valence-electron chi connectivity index (χ3n) is 5.63. The summed E-state index contributed by atoms with van der Waals surface area (Å²) in [4.78, 5) is 12.0. The molecule has 3 N–H and O–H groups in total. The third-order valence-corrected chi connectivity index (χ3v) is 5.93. The molecular formula is C21H17ClF3NO4. The SMILES string of the molecule is C[C@H]1C[C@@](O)(C(F)(F)F)[C@H](Nc2cccc3c(=O)occc23)c2ccc(Cl)c(O)c21. The summed E-state index contributed by atoms with van der Waals surface area (Å²) in [5.41, 5.74) is -3.22. The van der Waals surface area contributed by atoms with E-state index in [9.17, 15) is 28.2 Å². The standard InChI is InChI=1S/C21H17ClF3NO4/c1-10-9-20(29,21(23,24)25)18(13-5-6-14(22)17(27)16(10)13)26-15-4-2-3-12-11(15)7-8-30-19(12)28/h2-8,10,18,26-27,29H,9H2,1H3/t10-,18+,20-/m0/s1. The van der Waals surface area contributed by atoms with Gasteiger partial charge in [-0.1, -0.05) is 30.7 Å². The molecule has 5 nitrogen and oxygen atoms in total. The van der Waals surface area contributed by atoms with Crippen LogP contribution in [0.15, 0.2) is 51.9 Å². The van der Waals surface area contributed by atoms with Crippen molar-refractivity contribution in [1.29, 1.82) is 0 Å². The van der Waals surface area contributed by atoms with E-state index in [0.717, 1.165) is 6.26 Å². The molecule has 0 spiro atoms. The first-order valence-corrected chi connectivity index (χ1v) is 9.50. The number of phenols is 1. The first-order valence-electron chi connectivity index (χ1n) is 9.12. The van der Waals surface area contributed by atoms with E-state index in [4.69, 9.17) is 16.0 Å². The molecule has 30 heavy (non-hydrogen) atoms. The molecule has 0 radical (unpaired) electrons. The molecule has 0 fully saturated rings. The molecule has 1 aromatic heterocycles. The van der Waals surface area contributed by atoms with Crippen LogP contribution in [0.3, 0.4) is 0 Å². The van der Waals surface area contributed by atoms with E-state index in [0.29, 0.717) is 5.39 Å². The van der Waals surface area contributed by atoms with Gasteiger partial charge in [-0.05, 0) is 42.2 Å². The van der Waals surface area contributed by atoms with Crippen LogP contribution in [-0.4, -0.2) is 22.0 Å². The zero-order valence-electron chi connectivity index (χ0n) is 15.6. The fourth-order valence-electron chi connectivity index (χ4n) is 4.22. The second-order valence-corrected chi connectivity index (χ2v) is 7.89. The lowest BCUT2D eigenvalue weighted by molar-refractivity contribution is -0.272. The predicted octanol–water partition coefficient (Wildman–Crippen LogP) is 5.11. The maximum absolute atomic E-state index is 14.1. The number of phenolic OH excluding ortho intramolecular Hbond substituents is 1. The van der Waals surface area contributed by atoms with Crippen LogP contribution in [-0.2, 0) is 0 Å². The van der Waals surface area contributed by atoms with E-state index in [1.165, 1.54) is 43.3 Å². The van der Waals surface area contributed by atoms with Crippen molar-refractivity contribution in [1.82, 2.24) is 0 Å². The largest absolute Gasteiger partial charge is 0.506 e. The molecule has 4 rings (SSSR count). The molecule has 9 heteroatoms. The maximum Gasteiger partial charge on any atom is 0.419 e. The Morgan fingerprint density at radius 3 is 2.63 bits per heavy atom.